The van der Waals surface area contributed by atoms with Crippen molar-refractivity contribution in [2.24, 2.45) is 5.92 Å². The molecule has 2 aromatic rings. The Kier molecular flexibility index (Phi) is 5.93. The third-order valence-electron chi connectivity index (χ3n) is 3.82. The number of aromatic nitrogens is 2. The van der Waals surface area contributed by atoms with Crippen molar-refractivity contribution in [3.05, 3.63) is 47.7 Å². The summed E-state index contributed by atoms with van der Waals surface area (Å²) in [7, 11) is 0. The lowest BCUT2D eigenvalue weighted by Gasteiger charge is -2.19. The number of rotatable bonds is 8. The molecule has 0 aliphatic heterocycles. The van der Waals surface area contributed by atoms with Gasteiger partial charge in [0.1, 0.15) is 0 Å². The molecule has 21 heavy (non-hydrogen) atoms. The lowest BCUT2D eigenvalue weighted by molar-refractivity contribution is 0.370. The summed E-state index contributed by atoms with van der Waals surface area (Å²) >= 11 is 0. The van der Waals surface area contributed by atoms with Crippen molar-refractivity contribution in [3.63, 3.8) is 0 Å². The van der Waals surface area contributed by atoms with Gasteiger partial charge in [0, 0.05) is 0 Å². The second-order valence-electron chi connectivity index (χ2n) is 5.48. The summed E-state index contributed by atoms with van der Waals surface area (Å²) in [5, 5.41) is 11.7. The van der Waals surface area contributed by atoms with Gasteiger partial charge in [-0.2, -0.15) is 0 Å². The van der Waals surface area contributed by atoms with Crippen molar-refractivity contribution < 1.29 is 4.42 Å². The Morgan fingerprint density at radius 3 is 2.57 bits per heavy atom. The molecule has 1 aromatic carbocycles. The Morgan fingerprint density at radius 1 is 1.14 bits per heavy atom. The molecule has 0 bridgehead atoms. The number of nitrogens with one attached hydrogen (secondary N) is 1. The van der Waals surface area contributed by atoms with Gasteiger partial charge in [0.15, 0.2) is 0 Å². The Labute approximate surface area is 127 Å². The highest BCUT2D eigenvalue weighted by Gasteiger charge is 2.25. The third kappa shape index (κ3) is 4.14. The predicted octanol–water partition coefficient (Wildman–Crippen LogP) is 3.75. The van der Waals surface area contributed by atoms with E-state index in [2.05, 4.69) is 60.6 Å². The third-order valence-corrected chi connectivity index (χ3v) is 3.82. The van der Waals surface area contributed by atoms with Gasteiger partial charge in [-0.15, -0.1) is 10.2 Å². The first-order valence-corrected chi connectivity index (χ1v) is 7.84. The first kappa shape index (κ1) is 15.7. The molecule has 0 radical (unpaired) electrons. The van der Waals surface area contributed by atoms with E-state index >= 15 is 0 Å². The van der Waals surface area contributed by atoms with Crippen LogP contribution >= 0.6 is 0 Å². The highest BCUT2D eigenvalue weighted by atomic mass is 16.4. The summed E-state index contributed by atoms with van der Waals surface area (Å²) in [5.41, 5.74) is 1.24. The Morgan fingerprint density at radius 2 is 1.90 bits per heavy atom. The van der Waals surface area contributed by atoms with Crippen LogP contribution < -0.4 is 5.32 Å². The topological polar surface area (TPSA) is 51.0 Å². The van der Waals surface area contributed by atoms with Crippen LogP contribution in [0.25, 0.3) is 0 Å². The summed E-state index contributed by atoms with van der Waals surface area (Å²) in [6.45, 7) is 8.17. The lowest BCUT2D eigenvalue weighted by Crippen LogP contribution is -2.14. The Bertz CT molecular complexity index is 524. The van der Waals surface area contributed by atoms with E-state index in [1.54, 1.807) is 0 Å². The number of nitrogens with zero attached hydrogens (tertiary/aromatic N) is 2. The van der Waals surface area contributed by atoms with E-state index in [1.165, 1.54) is 5.56 Å². The maximum atomic E-state index is 5.89. The van der Waals surface area contributed by atoms with Gasteiger partial charge < -0.3 is 9.73 Å². The Balaban J connectivity index is 2.18. The minimum Gasteiger partial charge on any atom is -0.423 e. The van der Waals surface area contributed by atoms with Crippen molar-refractivity contribution in [3.8, 4) is 0 Å². The molecule has 4 nitrogen and oxygen atoms in total. The molecule has 0 aliphatic carbocycles. The van der Waals surface area contributed by atoms with Crippen molar-refractivity contribution in [2.75, 3.05) is 6.54 Å². The van der Waals surface area contributed by atoms with E-state index < -0.39 is 0 Å². The van der Waals surface area contributed by atoms with Crippen LogP contribution in [0.2, 0.25) is 0 Å². The molecule has 0 saturated carbocycles. The zero-order valence-corrected chi connectivity index (χ0v) is 13.2. The maximum absolute atomic E-state index is 5.89. The van der Waals surface area contributed by atoms with Gasteiger partial charge >= 0.3 is 0 Å². The first-order valence-electron chi connectivity index (χ1n) is 7.84. The largest absolute Gasteiger partial charge is 0.423 e. The van der Waals surface area contributed by atoms with E-state index in [9.17, 15) is 0 Å². The number of hydrogen-bond acceptors (Lipinski definition) is 4. The van der Waals surface area contributed by atoms with E-state index in [-0.39, 0.29) is 5.92 Å². The van der Waals surface area contributed by atoms with Gasteiger partial charge in [-0.05, 0) is 24.4 Å². The summed E-state index contributed by atoms with van der Waals surface area (Å²) in [4.78, 5) is 0. The van der Waals surface area contributed by atoms with E-state index in [4.69, 9.17) is 4.42 Å². The van der Waals surface area contributed by atoms with Crippen LogP contribution in [0.15, 0.2) is 34.7 Å². The zero-order valence-electron chi connectivity index (χ0n) is 13.2. The van der Waals surface area contributed by atoms with Crippen LogP contribution in [0.3, 0.4) is 0 Å². The van der Waals surface area contributed by atoms with Gasteiger partial charge in [-0.3, -0.25) is 0 Å². The molecule has 2 unspecified atom stereocenters. The molecule has 1 aromatic heterocycles. The molecule has 4 heteroatoms. The van der Waals surface area contributed by atoms with Crippen molar-refractivity contribution in [1.82, 2.24) is 15.5 Å². The molecule has 1 heterocycles. The fraction of sp³-hybridized carbons (Fsp3) is 0.529. The van der Waals surface area contributed by atoms with Gasteiger partial charge in [0.2, 0.25) is 11.8 Å². The monoisotopic (exact) mass is 287 g/mol. The fourth-order valence-corrected chi connectivity index (χ4v) is 2.45. The molecular weight excluding hydrogens is 262 g/mol. The second-order valence-corrected chi connectivity index (χ2v) is 5.48. The Hall–Kier alpha value is -1.68. The molecule has 114 valence electrons. The molecule has 0 fully saturated rings. The van der Waals surface area contributed by atoms with Crippen LogP contribution in [0.5, 0.6) is 0 Å². The minimum absolute atomic E-state index is 0.170. The fourth-order valence-electron chi connectivity index (χ4n) is 2.45. The molecule has 0 amide bonds. The summed E-state index contributed by atoms with van der Waals surface area (Å²) in [6.07, 6.45) is 2.17. The molecule has 0 spiro atoms. The van der Waals surface area contributed by atoms with Crippen molar-refractivity contribution >= 4 is 0 Å². The first-order chi connectivity index (χ1) is 10.3. The average Bonchev–Trinajstić information content (AvgIpc) is 2.97. The normalized spacial score (nSPS) is 14.0. The molecule has 2 rings (SSSR count). The van der Waals surface area contributed by atoms with Crippen LogP contribution in [0.1, 0.15) is 56.9 Å². The standard InChI is InChI=1S/C17H25N3O/c1-4-11-18-12-15-19-20-17(21-15)16(13(3)5-2)14-9-7-6-8-10-14/h6-10,13,16,18H,4-5,11-12H2,1-3H3. The van der Waals surface area contributed by atoms with E-state index in [0.717, 1.165) is 25.3 Å². The average molecular weight is 287 g/mol. The van der Waals surface area contributed by atoms with Crippen LogP contribution in [-0.4, -0.2) is 16.7 Å². The summed E-state index contributed by atoms with van der Waals surface area (Å²) in [5.74, 6) is 2.03. The van der Waals surface area contributed by atoms with Crippen molar-refractivity contribution in [2.45, 2.75) is 46.1 Å². The quantitative estimate of drug-likeness (QED) is 0.751. The van der Waals surface area contributed by atoms with Gasteiger partial charge in [-0.25, -0.2) is 0 Å². The highest BCUT2D eigenvalue weighted by molar-refractivity contribution is 5.25. The van der Waals surface area contributed by atoms with E-state index in [1.807, 2.05) is 6.07 Å². The van der Waals surface area contributed by atoms with Gasteiger partial charge in [0.25, 0.3) is 0 Å². The highest BCUT2D eigenvalue weighted by Crippen LogP contribution is 2.32. The molecule has 0 saturated heterocycles. The summed E-state index contributed by atoms with van der Waals surface area (Å²) < 4.78 is 5.89. The molecule has 1 N–H and O–H groups in total. The lowest BCUT2D eigenvalue weighted by atomic mass is 9.85. The second kappa shape index (κ2) is 7.93. The minimum atomic E-state index is 0.170. The predicted molar refractivity (Wildman–Crippen MR) is 84.0 cm³/mol. The smallest absolute Gasteiger partial charge is 0.230 e. The molecule has 2 atom stereocenters. The maximum Gasteiger partial charge on any atom is 0.230 e. The SMILES string of the molecule is CCCNCc1nnc(C(c2ccccc2)C(C)CC)o1. The van der Waals surface area contributed by atoms with Crippen LogP contribution in [-0.2, 0) is 6.54 Å². The molecular formula is C17H25N3O. The van der Waals surface area contributed by atoms with Gasteiger partial charge in [0.05, 0.1) is 12.5 Å². The van der Waals surface area contributed by atoms with E-state index in [0.29, 0.717) is 18.4 Å². The van der Waals surface area contributed by atoms with Crippen LogP contribution in [0, 0.1) is 5.92 Å². The van der Waals surface area contributed by atoms with Crippen LogP contribution in [0.4, 0.5) is 0 Å². The molecule has 0 aliphatic rings. The number of benzene rings is 1. The number of hydrogen-bond donors (Lipinski definition) is 1. The van der Waals surface area contributed by atoms with Crippen molar-refractivity contribution in [1.29, 1.82) is 0 Å². The zero-order chi connectivity index (χ0) is 15.1. The van der Waals surface area contributed by atoms with Gasteiger partial charge in [-0.1, -0.05) is 57.5 Å². The summed E-state index contributed by atoms with van der Waals surface area (Å²) in [6, 6.07) is 10.4.